The molecule has 0 unspecified atom stereocenters. The summed E-state index contributed by atoms with van der Waals surface area (Å²) in [5.41, 5.74) is -0.435. The minimum atomic E-state index is -0.658. The molecule has 0 amide bonds. The van der Waals surface area contributed by atoms with Crippen LogP contribution in [0.4, 0.5) is 4.39 Å². The zero-order chi connectivity index (χ0) is 18.8. The predicted octanol–water partition coefficient (Wildman–Crippen LogP) is 3.77. The van der Waals surface area contributed by atoms with Gasteiger partial charge in [0.2, 0.25) is 5.91 Å². The predicted molar refractivity (Wildman–Crippen MR) is 97.7 cm³/mol. The van der Waals surface area contributed by atoms with E-state index in [1.807, 2.05) is 48.5 Å². The van der Waals surface area contributed by atoms with Gasteiger partial charge in [0.15, 0.2) is 0 Å². The van der Waals surface area contributed by atoms with Crippen LogP contribution < -0.4 is 5.46 Å². The van der Waals surface area contributed by atoms with Crippen molar-refractivity contribution in [2.45, 2.75) is 59.7 Å². The Hall–Kier alpha value is -1.66. The fourth-order valence-electron chi connectivity index (χ4n) is 2.94. The fourth-order valence-corrected chi connectivity index (χ4v) is 2.94. The molecule has 6 heteroatoms. The Balaban J connectivity index is 2.19. The lowest BCUT2D eigenvalue weighted by atomic mass is 9.77. The second-order valence-corrected chi connectivity index (χ2v) is 8.73. The first-order valence-electron chi connectivity index (χ1n) is 8.55. The van der Waals surface area contributed by atoms with Crippen molar-refractivity contribution in [1.29, 1.82) is 0 Å². The molecule has 1 aliphatic heterocycles. The van der Waals surface area contributed by atoms with Crippen molar-refractivity contribution < 1.29 is 18.5 Å². The first-order chi connectivity index (χ1) is 11.3. The van der Waals surface area contributed by atoms with Crippen molar-refractivity contribution in [2.24, 2.45) is 5.41 Å². The largest absolute Gasteiger partial charge is 0.497 e. The lowest BCUT2D eigenvalue weighted by Crippen LogP contribution is -2.41. The number of hydrogen-bond donors (Lipinski definition) is 0. The topological polar surface area (TPSA) is 40.5 Å². The average Bonchev–Trinajstić information content (AvgIpc) is 2.98. The molecule has 1 aromatic carbocycles. The Morgan fingerprint density at radius 2 is 1.64 bits per heavy atom. The molecule has 2 heterocycles. The Morgan fingerprint density at radius 3 is 2.16 bits per heavy atom. The molecule has 1 aliphatic rings. The molecule has 0 bridgehead atoms. The fraction of sp³-hybridized carbons (Fsp3) is 0.526. The molecule has 0 spiro atoms. The van der Waals surface area contributed by atoms with Gasteiger partial charge in [-0.25, -0.2) is 4.39 Å². The van der Waals surface area contributed by atoms with E-state index in [0.717, 1.165) is 0 Å². The van der Waals surface area contributed by atoms with Gasteiger partial charge in [0.1, 0.15) is 5.82 Å². The summed E-state index contributed by atoms with van der Waals surface area (Å²) in [6, 6.07) is 4.67. The van der Waals surface area contributed by atoms with Gasteiger partial charge in [-0.2, -0.15) is 0 Å². The number of rotatable bonds is 1. The van der Waals surface area contributed by atoms with Crippen molar-refractivity contribution in [2.75, 3.05) is 0 Å². The monoisotopic (exact) mass is 345 g/mol. The minimum absolute atomic E-state index is 0.106. The zero-order valence-corrected chi connectivity index (χ0v) is 15.9. The Morgan fingerprint density at radius 1 is 1.08 bits per heavy atom. The number of carbonyl (C=O) groups excluding carboxylic acids is 1. The maximum Gasteiger partial charge on any atom is 0.497 e. The first-order valence-corrected chi connectivity index (χ1v) is 8.55. The lowest BCUT2D eigenvalue weighted by Gasteiger charge is -2.32. The van der Waals surface area contributed by atoms with E-state index in [1.54, 1.807) is 18.3 Å². The van der Waals surface area contributed by atoms with Gasteiger partial charge in [-0.3, -0.25) is 9.36 Å². The first kappa shape index (κ1) is 18.1. The number of fused-ring (bicyclic) bond motifs is 1. The van der Waals surface area contributed by atoms with Crippen LogP contribution in [0.2, 0.25) is 0 Å². The highest BCUT2D eigenvalue weighted by molar-refractivity contribution is 6.65. The van der Waals surface area contributed by atoms with Crippen molar-refractivity contribution >= 4 is 29.4 Å². The molecule has 0 atom stereocenters. The van der Waals surface area contributed by atoms with Gasteiger partial charge in [0.25, 0.3) is 0 Å². The summed E-state index contributed by atoms with van der Waals surface area (Å²) in [6.07, 6.45) is 1.62. The van der Waals surface area contributed by atoms with Crippen LogP contribution >= 0.6 is 0 Å². The third kappa shape index (κ3) is 2.81. The molecule has 0 aliphatic carbocycles. The molecule has 0 radical (unpaired) electrons. The average molecular weight is 345 g/mol. The minimum Gasteiger partial charge on any atom is -0.399 e. The molecular weight excluding hydrogens is 320 g/mol. The van der Waals surface area contributed by atoms with E-state index in [4.69, 9.17) is 9.31 Å². The highest BCUT2D eigenvalue weighted by atomic mass is 19.1. The molecule has 4 nitrogen and oxygen atoms in total. The SMILES string of the molecule is CC(C)(C)C(=O)n1ccc2c(F)ccc(B3OC(C)(C)C(C)(C)O3)c21. The van der Waals surface area contributed by atoms with Crippen LogP contribution in [0.15, 0.2) is 24.4 Å². The van der Waals surface area contributed by atoms with Gasteiger partial charge in [0.05, 0.1) is 16.7 Å². The normalized spacial score (nSPS) is 19.6. The van der Waals surface area contributed by atoms with Crippen LogP contribution in [0.3, 0.4) is 0 Å². The van der Waals surface area contributed by atoms with Crippen molar-refractivity contribution in [3.05, 3.63) is 30.2 Å². The van der Waals surface area contributed by atoms with E-state index in [1.165, 1.54) is 10.6 Å². The summed E-state index contributed by atoms with van der Waals surface area (Å²) in [5, 5.41) is 0.393. The van der Waals surface area contributed by atoms with Gasteiger partial charge in [-0.1, -0.05) is 26.8 Å². The van der Waals surface area contributed by atoms with Crippen LogP contribution in [0.1, 0.15) is 53.3 Å². The number of carbonyl (C=O) groups is 1. The summed E-state index contributed by atoms with van der Waals surface area (Å²) >= 11 is 0. The molecule has 2 aromatic rings. The van der Waals surface area contributed by atoms with E-state index in [9.17, 15) is 9.18 Å². The maximum atomic E-state index is 14.3. The van der Waals surface area contributed by atoms with E-state index < -0.39 is 23.7 Å². The summed E-state index contributed by atoms with van der Waals surface area (Å²) in [6.45, 7) is 13.4. The third-order valence-corrected chi connectivity index (χ3v) is 5.19. The Kier molecular flexibility index (Phi) is 3.93. The van der Waals surface area contributed by atoms with E-state index in [2.05, 4.69) is 0 Å². The Labute approximate surface area is 148 Å². The van der Waals surface area contributed by atoms with Crippen LogP contribution in [0, 0.1) is 11.2 Å². The summed E-state index contributed by atoms with van der Waals surface area (Å²) in [7, 11) is -0.658. The van der Waals surface area contributed by atoms with Crippen molar-refractivity contribution in [3.63, 3.8) is 0 Å². The maximum absolute atomic E-state index is 14.3. The summed E-state index contributed by atoms with van der Waals surface area (Å²) in [5.74, 6) is -0.471. The van der Waals surface area contributed by atoms with Gasteiger partial charge >= 0.3 is 7.12 Å². The molecule has 25 heavy (non-hydrogen) atoms. The number of benzene rings is 1. The molecule has 0 N–H and O–H groups in total. The van der Waals surface area contributed by atoms with Gasteiger partial charge < -0.3 is 9.31 Å². The lowest BCUT2D eigenvalue weighted by molar-refractivity contribution is 0.00578. The molecule has 134 valence electrons. The highest BCUT2D eigenvalue weighted by Crippen LogP contribution is 2.37. The molecular formula is C19H25BFNO3. The molecule has 3 rings (SSSR count). The molecule has 1 saturated heterocycles. The number of halogens is 1. The number of aromatic nitrogens is 1. The quantitative estimate of drug-likeness (QED) is 0.739. The second kappa shape index (κ2) is 5.42. The second-order valence-electron chi connectivity index (χ2n) is 8.73. The number of nitrogens with zero attached hydrogens (tertiary/aromatic N) is 1. The third-order valence-electron chi connectivity index (χ3n) is 5.19. The summed E-state index contributed by atoms with van der Waals surface area (Å²) < 4.78 is 28.1. The van der Waals surface area contributed by atoms with Gasteiger partial charge in [0, 0.05) is 22.5 Å². The number of hydrogen-bond acceptors (Lipinski definition) is 3. The molecule has 1 aromatic heterocycles. The van der Waals surface area contributed by atoms with Crippen molar-refractivity contribution in [3.8, 4) is 0 Å². The van der Waals surface area contributed by atoms with Gasteiger partial charge in [-0.15, -0.1) is 0 Å². The van der Waals surface area contributed by atoms with Gasteiger partial charge in [-0.05, 0) is 39.8 Å². The van der Waals surface area contributed by atoms with Crippen LogP contribution in [0.5, 0.6) is 0 Å². The van der Waals surface area contributed by atoms with Crippen LogP contribution in [0.25, 0.3) is 10.9 Å². The van der Waals surface area contributed by atoms with Crippen LogP contribution in [-0.4, -0.2) is 28.8 Å². The van der Waals surface area contributed by atoms with E-state index in [-0.39, 0.29) is 11.7 Å². The molecule has 0 saturated carbocycles. The highest BCUT2D eigenvalue weighted by Gasteiger charge is 2.52. The zero-order valence-electron chi connectivity index (χ0n) is 15.9. The summed E-state index contributed by atoms with van der Waals surface area (Å²) in [4.78, 5) is 12.8. The Bertz CT molecular complexity index is 832. The van der Waals surface area contributed by atoms with E-state index >= 15 is 0 Å². The van der Waals surface area contributed by atoms with Crippen LogP contribution in [-0.2, 0) is 9.31 Å². The van der Waals surface area contributed by atoms with Crippen molar-refractivity contribution in [1.82, 2.24) is 4.57 Å². The van der Waals surface area contributed by atoms with E-state index in [0.29, 0.717) is 16.4 Å². The molecule has 1 fully saturated rings. The standard InChI is InChI=1S/C19H25BFNO3/c1-17(2,3)16(23)22-11-10-12-14(21)9-8-13(15(12)22)20-24-18(4,5)19(6,7)25-20/h8-11H,1-7H3. The smallest absolute Gasteiger partial charge is 0.399 e.